The fourth-order valence-electron chi connectivity index (χ4n) is 6.94. The molecule has 0 aliphatic heterocycles. The summed E-state index contributed by atoms with van der Waals surface area (Å²) in [5.41, 5.74) is -1.35. The number of H-pyrrole nitrogens is 1. The lowest BCUT2D eigenvalue weighted by molar-refractivity contribution is -0.137. The molecule has 10 nitrogen and oxygen atoms in total. The van der Waals surface area contributed by atoms with Crippen LogP contribution in [0.4, 0.5) is 17.6 Å². The van der Waals surface area contributed by atoms with Crippen LogP contribution < -0.4 is 21.3 Å². The van der Waals surface area contributed by atoms with Crippen LogP contribution in [-0.2, 0) is 46.4 Å². The Hall–Kier alpha value is -4.79. The first kappa shape index (κ1) is 40.4. The molecule has 2 unspecified atom stereocenters. The Bertz CT molecular complexity index is 1960. The lowest BCUT2D eigenvalue weighted by Gasteiger charge is -2.40. The maximum absolute atomic E-state index is 14.8. The minimum atomic E-state index is -4.62. The average molecular weight is 770 g/mol. The van der Waals surface area contributed by atoms with E-state index >= 15 is 0 Å². The molecule has 0 radical (unpaired) electrons. The third-order valence-electron chi connectivity index (χ3n) is 10.5. The first-order valence-electron chi connectivity index (χ1n) is 18.3. The van der Waals surface area contributed by atoms with E-state index in [4.69, 9.17) is 12.2 Å². The second-order valence-corrected chi connectivity index (χ2v) is 14.6. The highest BCUT2D eigenvalue weighted by molar-refractivity contribution is 7.80. The highest BCUT2D eigenvalue weighted by Gasteiger charge is 2.47. The van der Waals surface area contributed by atoms with E-state index in [1.807, 2.05) is 33.0 Å². The van der Waals surface area contributed by atoms with Gasteiger partial charge in [0.15, 0.2) is 0 Å². The largest absolute Gasteiger partial charge is 0.418 e. The van der Waals surface area contributed by atoms with Crippen LogP contribution in [0.15, 0.2) is 60.9 Å². The van der Waals surface area contributed by atoms with Crippen molar-refractivity contribution in [2.75, 3.05) is 6.54 Å². The van der Waals surface area contributed by atoms with E-state index in [9.17, 15) is 31.9 Å². The van der Waals surface area contributed by atoms with Crippen molar-refractivity contribution in [2.45, 2.75) is 96.6 Å². The zero-order valence-corrected chi connectivity index (χ0v) is 31.6. The number of thiocarbonyl (C=S) groups is 1. The SMILES string of the molecule is CCC(C)[C@H](NC(=O)Cc1ccccc1F)C(=O)N[C@]1(C(=O)N[C@H](C(=S)NCCn2cccn2)C(C)CC)CCc2[nH]c3c(C(F)(F)F)cccc3c2C1. The molecule has 2 aromatic heterocycles. The van der Waals surface area contributed by atoms with Crippen molar-refractivity contribution in [3.05, 3.63) is 89.1 Å². The monoisotopic (exact) mass is 769 g/mol. The van der Waals surface area contributed by atoms with Crippen LogP contribution >= 0.6 is 12.2 Å². The van der Waals surface area contributed by atoms with Gasteiger partial charge in [-0.25, -0.2) is 4.39 Å². The van der Waals surface area contributed by atoms with Crippen molar-refractivity contribution < 1.29 is 31.9 Å². The van der Waals surface area contributed by atoms with Gasteiger partial charge in [-0.2, -0.15) is 18.3 Å². The lowest BCUT2D eigenvalue weighted by Crippen LogP contribution is -2.67. The fraction of sp³-hybridized carbons (Fsp3) is 0.462. The Morgan fingerprint density at radius 3 is 2.39 bits per heavy atom. The summed E-state index contributed by atoms with van der Waals surface area (Å²) in [5.74, 6) is -2.84. The molecule has 5 rings (SSSR count). The number of fused-ring (bicyclic) bond motifs is 3. The average Bonchev–Trinajstić information content (AvgIpc) is 3.80. The van der Waals surface area contributed by atoms with Gasteiger partial charge in [0.25, 0.3) is 0 Å². The van der Waals surface area contributed by atoms with Crippen molar-refractivity contribution >= 4 is 45.8 Å². The first-order chi connectivity index (χ1) is 25.7. The molecule has 0 saturated carbocycles. The van der Waals surface area contributed by atoms with Crippen LogP contribution in [0, 0.1) is 17.7 Å². The molecule has 0 fully saturated rings. The number of aromatic nitrogens is 3. The molecule has 0 spiro atoms. The Labute approximate surface area is 317 Å². The summed E-state index contributed by atoms with van der Waals surface area (Å²) < 4.78 is 58.4. The van der Waals surface area contributed by atoms with E-state index in [1.165, 1.54) is 24.3 Å². The smallest absolute Gasteiger partial charge is 0.376 e. The number of rotatable bonds is 15. The molecular weight excluding hydrogens is 723 g/mol. The molecular formula is C39H47F4N7O3S. The van der Waals surface area contributed by atoms with Crippen molar-refractivity contribution in [1.29, 1.82) is 0 Å². The van der Waals surface area contributed by atoms with Crippen LogP contribution in [-0.4, -0.2) is 61.6 Å². The number of nitrogens with one attached hydrogen (secondary N) is 5. The maximum atomic E-state index is 14.8. The van der Waals surface area contributed by atoms with E-state index in [-0.39, 0.29) is 42.7 Å². The molecule has 290 valence electrons. The van der Waals surface area contributed by atoms with E-state index < -0.39 is 58.8 Å². The second-order valence-electron chi connectivity index (χ2n) is 14.2. The molecule has 2 aromatic carbocycles. The molecule has 0 saturated heterocycles. The molecule has 2 heterocycles. The number of benzene rings is 2. The van der Waals surface area contributed by atoms with Gasteiger partial charge in [0.05, 0.1) is 35.1 Å². The van der Waals surface area contributed by atoms with Crippen LogP contribution in [0.3, 0.4) is 0 Å². The number of aryl methyl sites for hydroxylation is 1. The molecule has 5 atom stereocenters. The molecule has 0 bridgehead atoms. The highest BCUT2D eigenvalue weighted by atomic mass is 32.1. The number of amides is 3. The molecule has 5 N–H and O–H groups in total. The molecule has 1 aliphatic carbocycles. The van der Waals surface area contributed by atoms with Crippen molar-refractivity contribution in [1.82, 2.24) is 36.0 Å². The number of aromatic amines is 1. The summed E-state index contributed by atoms with van der Waals surface area (Å²) in [5, 5.41) is 16.6. The van der Waals surface area contributed by atoms with E-state index in [0.29, 0.717) is 47.6 Å². The minimum Gasteiger partial charge on any atom is -0.376 e. The Morgan fingerprint density at radius 1 is 1.00 bits per heavy atom. The summed E-state index contributed by atoms with van der Waals surface area (Å²) >= 11 is 5.79. The maximum Gasteiger partial charge on any atom is 0.418 e. The van der Waals surface area contributed by atoms with Gasteiger partial charge in [-0.15, -0.1) is 0 Å². The number of hydrogen-bond donors (Lipinski definition) is 5. The van der Waals surface area contributed by atoms with Crippen LogP contribution in [0.25, 0.3) is 10.9 Å². The second kappa shape index (κ2) is 17.1. The molecule has 54 heavy (non-hydrogen) atoms. The molecule has 15 heteroatoms. The zero-order valence-electron chi connectivity index (χ0n) is 30.8. The third kappa shape index (κ3) is 9.11. The standard InChI is InChI=1S/C39H47F4N7O3S/c1-5-23(3)32(47-31(51)21-25-11-7-8-14-29(25)40)35(52)49-38(16-15-30-27(22-38)26-12-9-13-28(34(26)46-30)39(41,42)43)37(53)48-33(24(4)6-2)36(54)44-18-20-50-19-10-17-45-50/h7-14,17,19,23-24,32-33,46H,5-6,15-16,18,20-22H2,1-4H3,(H,44,54)(H,47,51)(H,48,53)(H,49,52)/t23?,24?,32-,33-,38+/m0/s1. The van der Waals surface area contributed by atoms with Gasteiger partial charge < -0.3 is 26.3 Å². The van der Waals surface area contributed by atoms with Gasteiger partial charge in [-0.1, -0.05) is 83.1 Å². The molecule has 4 aromatic rings. The van der Waals surface area contributed by atoms with E-state index in [2.05, 4.69) is 31.3 Å². The number of nitrogens with zero attached hydrogens (tertiary/aromatic N) is 2. The van der Waals surface area contributed by atoms with Gasteiger partial charge in [0.2, 0.25) is 17.7 Å². The lowest BCUT2D eigenvalue weighted by atomic mass is 9.78. The van der Waals surface area contributed by atoms with Crippen molar-refractivity contribution in [3.63, 3.8) is 0 Å². The van der Waals surface area contributed by atoms with Gasteiger partial charge in [-0.3, -0.25) is 19.1 Å². The molecule has 3 amide bonds. The van der Waals surface area contributed by atoms with Crippen LogP contribution in [0.2, 0.25) is 0 Å². The normalized spacial score (nSPS) is 17.9. The van der Waals surface area contributed by atoms with Gasteiger partial charge >= 0.3 is 6.18 Å². The van der Waals surface area contributed by atoms with E-state index in [0.717, 1.165) is 6.07 Å². The summed E-state index contributed by atoms with van der Waals surface area (Å²) in [7, 11) is 0. The van der Waals surface area contributed by atoms with Crippen LogP contribution in [0.1, 0.15) is 69.3 Å². The quantitative estimate of drug-likeness (QED) is 0.0769. The predicted molar refractivity (Wildman–Crippen MR) is 202 cm³/mol. The number of hydrogen-bond acceptors (Lipinski definition) is 5. The third-order valence-corrected chi connectivity index (χ3v) is 10.9. The Morgan fingerprint density at radius 2 is 1.72 bits per heavy atom. The molecule has 1 aliphatic rings. The van der Waals surface area contributed by atoms with Gasteiger partial charge in [0, 0.05) is 36.4 Å². The van der Waals surface area contributed by atoms with Crippen molar-refractivity contribution in [2.24, 2.45) is 11.8 Å². The number of alkyl halides is 3. The summed E-state index contributed by atoms with van der Waals surface area (Å²) in [4.78, 5) is 45.7. The Kier molecular flexibility index (Phi) is 12.8. The van der Waals surface area contributed by atoms with Crippen molar-refractivity contribution in [3.8, 4) is 0 Å². The number of para-hydroxylation sites is 1. The van der Waals surface area contributed by atoms with E-state index in [1.54, 1.807) is 29.9 Å². The summed E-state index contributed by atoms with van der Waals surface area (Å²) in [6.45, 7) is 8.50. The Balaban J connectivity index is 1.47. The fourth-order valence-corrected chi connectivity index (χ4v) is 7.33. The van der Waals surface area contributed by atoms with Crippen LogP contribution in [0.5, 0.6) is 0 Å². The summed E-state index contributed by atoms with van der Waals surface area (Å²) in [6, 6.07) is 9.82. The number of carbonyl (C=O) groups is 3. The number of halogens is 4. The summed E-state index contributed by atoms with van der Waals surface area (Å²) in [6.07, 6.45) is -0.214. The van der Waals surface area contributed by atoms with Gasteiger partial charge in [-0.05, 0) is 54.0 Å². The first-order valence-corrected chi connectivity index (χ1v) is 18.7. The predicted octanol–water partition coefficient (Wildman–Crippen LogP) is 5.79. The minimum absolute atomic E-state index is 0.0505. The number of carbonyl (C=O) groups excluding carboxylic acids is 3. The highest BCUT2D eigenvalue weighted by Crippen LogP contribution is 2.40. The zero-order chi connectivity index (χ0) is 39.2. The topological polar surface area (TPSA) is 133 Å². The van der Waals surface area contributed by atoms with Gasteiger partial charge in [0.1, 0.15) is 17.4 Å².